The van der Waals surface area contributed by atoms with Crippen LogP contribution < -0.4 is 5.73 Å². The molecule has 1 unspecified atom stereocenters. The molecule has 0 aliphatic heterocycles. The molecule has 1 atom stereocenters. The Kier molecular flexibility index (Phi) is 5.07. The van der Waals surface area contributed by atoms with Crippen LogP contribution in [0.15, 0.2) is 66.9 Å². The number of rotatable bonds is 5. The van der Waals surface area contributed by atoms with Gasteiger partial charge in [-0.1, -0.05) is 30.3 Å². The lowest BCUT2D eigenvalue weighted by Crippen LogP contribution is -2.29. The Morgan fingerprint density at radius 3 is 2.73 bits per heavy atom. The first-order chi connectivity index (χ1) is 14.7. The predicted molar refractivity (Wildman–Crippen MR) is 120 cm³/mol. The Balaban J connectivity index is 1.53. The number of fused-ring (bicyclic) bond motifs is 2. The van der Waals surface area contributed by atoms with E-state index in [9.17, 15) is 0 Å². The Morgan fingerprint density at radius 2 is 1.90 bits per heavy atom. The van der Waals surface area contributed by atoms with Crippen molar-refractivity contribution in [1.29, 1.82) is 0 Å². The molecule has 0 amide bonds. The van der Waals surface area contributed by atoms with Crippen molar-refractivity contribution in [2.45, 2.75) is 38.4 Å². The quantitative estimate of drug-likeness (QED) is 0.543. The highest BCUT2D eigenvalue weighted by molar-refractivity contribution is 5.78. The minimum atomic E-state index is 0.322. The van der Waals surface area contributed by atoms with E-state index in [-0.39, 0.29) is 0 Å². The van der Waals surface area contributed by atoms with E-state index in [4.69, 9.17) is 15.7 Å². The third kappa shape index (κ3) is 3.40. The molecule has 5 heteroatoms. The highest BCUT2D eigenvalue weighted by Gasteiger charge is 2.26. The topological polar surface area (TPSA) is 60.0 Å². The monoisotopic (exact) mass is 397 g/mol. The molecule has 0 saturated carbocycles. The maximum absolute atomic E-state index is 5.79. The molecule has 5 nitrogen and oxygen atoms in total. The van der Waals surface area contributed by atoms with Gasteiger partial charge in [0.05, 0.1) is 29.3 Å². The molecule has 0 radical (unpaired) electrons. The van der Waals surface area contributed by atoms with Gasteiger partial charge in [-0.15, -0.1) is 0 Å². The van der Waals surface area contributed by atoms with Crippen molar-refractivity contribution < 1.29 is 0 Å². The molecule has 2 aromatic heterocycles. The van der Waals surface area contributed by atoms with Crippen LogP contribution in [0.25, 0.3) is 16.7 Å². The summed E-state index contributed by atoms with van der Waals surface area (Å²) in [6.45, 7) is 1.31. The zero-order valence-corrected chi connectivity index (χ0v) is 17.3. The van der Waals surface area contributed by atoms with Crippen LogP contribution in [0, 0.1) is 0 Å². The van der Waals surface area contributed by atoms with Crippen LogP contribution in [0.2, 0.25) is 0 Å². The lowest BCUT2D eigenvalue weighted by Gasteiger charge is -2.32. The molecule has 0 bridgehead atoms. The molecular weight excluding hydrogens is 370 g/mol. The van der Waals surface area contributed by atoms with E-state index >= 15 is 0 Å². The zero-order chi connectivity index (χ0) is 20.5. The van der Waals surface area contributed by atoms with Crippen LogP contribution in [-0.2, 0) is 19.5 Å². The number of aryl methyl sites for hydroxylation is 1. The van der Waals surface area contributed by atoms with Crippen molar-refractivity contribution in [2.24, 2.45) is 5.73 Å². The Labute approximate surface area is 177 Å². The summed E-state index contributed by atoms with van der Waals surface area (Å²) in [5.74, 6) is 1.04. The molecule has 0 spiro atoms. The lowest BCUT2D eigenvalue weighted by molar-refractivity contribution is 0.203. The maximum atomic E-state index is 5.79. The first kappa shape index (κ1) is 19.0. The van der Waals surface area contributed by atoms with Gasteiger partial charge in [0.15, 0.2) is 0 Å². The van der Waals surface area contributed by atoms with Gasteiger partial charge in [0.25, 0.3) is 0 Å². The van der Waals surface area contributed by atoms with Gasteiger partial charge in [0, 0.05) is 18.4 Å². The number of para-hydroxylation sites is 2. The summed E-state index contributed by atoms with van der Waals surface area (Å²) < 4.78 is 2.27. The highest BCUT2D eigenvalue weighted by Crippen LogP contribution is 2.33. The van der Waals surface area contributed by atoms with Crippen LogP contribution in [0.4, 0.5) is 0 Å². The van der Waals surface area contributed by atoms with E-state index in [2.05, 4.69) is 65.0 Å². The van der Waals surface area contributed by atoms with Crippen LogP contribution in [0.5, 0.6) is 0 Å². The molecule has 1 aliphatic carbocycles. The molecule has 0 saturated heterocycles. The average molecular weight is 398 g/mol. The van der Waals surface area contributed by atoms with Gasteiger partial charge in [0.2, 0.25) is 0 Å². The highest BCUT2D eigenvalue weighted by atomic mass is 15.2. The molecule has 2 heterocycles. The SMILES string of the molecule is CN(Cc1nc2ccccc2n1-c1ccc(CN)cc1)C1CCCc2cccnc21. The normalized spacial score (nSPS) is 16.2. The fourth-order valence-corrected chi connectivity index (χ4v) is 4.60. The van der Waals surface area contributed by atoms with Crippen molar-refractivity contribution in [2.75, 3.05) is 7.05 Å². The van der Waals surface area contributed by atoms with E-state index < -0.39 is 0 Å². The molecular formula is C25H27N5. The summed E-state index contributed by atoms with van der Waals surface area (Å²) >= 11 is 0. The van der Waals surface area contributed by atoms with Crippen LogP contribution in [-0.4, -0.2) is 26.5 Å². The fraction of sp³-hybridized carbons (Fsp3) is 0.280. The van der Waals surface area contributed by atoms with Gasteiger partial charge in [-0.05, 0) is 67.8 Å². The second kappa shape index (κ2) is 8.01. The maximum Gasteiger partial charge on any atom is 0.128 e. The summed E-state index contributed by atoms with van der Waals surface area (Å²) in [6.07, 6.45) is 5.37. The third-order valence-electron chi connectivity index (χ3n) is 6.15. The van der Waals surface area contributed by atoms with Crippen molar-refractivity contribution >= 4 is 11.0 Å². The number of pyridine rings is 1. The summed E-state index contributed by atoms with van der Waals surface area (Å²) in [5.41, 5.74) is 12.8. The average Bonchev–Trinajstić information content (AvgIpc) is 3.16. The number of imidazole rings is 1. The van der Waals surface area contributed by atoms with E-state index in [1.54, 1.807) is 0 Å². The summed E-state index contributed by atoms with van der Waals surface area (Å²) in [4.78, 5) is 12.1. The molecule has 152 valence electrons. The van der Waals surface area contributed by atoms with Crippen molar-refractivity contribution in [3.05, 3.63) is 89.5 Å². The van der Waals surface area contributed by atoms with Crippen molar-refractivity contribution in [1.82, 2.24) is 19.4 Å². The second-order valence-corrected chi connectivity index (χ2v) is 8.09. The number of aromatic nitrogens is 3. The van der Waals surface area contributed by atoms with Crippen LogP contribution in [0.3, 0.4) is 0 Å². The van der Waals surface area contributed by atoms with Crippen LogP contribution >= 0.6 is 0 Å². The molecule has 4 aromatic rings. The Morgan fingerprint density at radius 1 is 1.07 bits per heavy atom. The fourth-order valence-electron chi connectivity index (χ4n) is 4.60. The number of nitrogens with two attached hydrogens (primary N) is 1. The van der Waals surface area contributed by atoms with Gasteiger partial charge >= 0.3 is 0 Å². The second-order valence-electron chi connectivity index (χ2n) is 8.09. The molecule has 30 heavy (non-hydrogen) atoms. The smallest absolute Gasteiger partial charge is 0.128 e. The zero-order valence-electron chi connectivity index (χ0n) is 17.3. The van der Waals surface area contributed by atoms with Crippen LogP contribution in [0.1, 0.15) is 41.5 Å². The number of hydrogen-bond donors (Lipinski definition) is 1. The summed E-state index contributed by atoms with van der Waals surface area (Å²) in [6, 6.07) is 21.4. The molecule has 5 rings (SSSR count). The number of hydrogen-bond acceptors (Lipinski definition) is 4. The first-order valence-electron chi connectivity index (χ1n) is 10.6. The molecule has 0 fully saturated rings. The van der Waals surface area contributed by atoms with Crippen molar-refractivity contribution in [3.8, 4) is 5.69 Å². The molecule has 2 N–H and O–H groups in total. The predicted octanol–water partition coefficient (Wildman–Crippen LogP) is 4.39. The van der Waals surface area contributed by atoms with Gasteiger partial charge in [0.1, 0.15) is 5.82 Å². The molecule has 2 aromatic carbocycles. The summed E-state index contributed by atoms with van der Waals surface area (Å²) in [5, 5.41) is 0. The standard InChI is InChI=1S/C25H27N5/c1-29(23-10-4-6-19-7-5-15-27-25(19)23)17-24-28-21-8-2-3-9-22(21)30(24)20-13-11-18(16-26)12-14-20/h2-3,5,7-9,11-15,23H,4,6,10,16-17,26H2,1H3. The van der Waals surface area contributed by atoms with E-state index in [1.807, 2.05) is 18.3 Å². The van der Waals surface area contributed by atoms with Gasteiger partial charge in [-0.3, -0.25) is 14.5 Å². The van der Waals surface area contributed by atoms with Gasteiger partial charge in [-0.25, -0.2) is 4.98 Å². The van der Waals surface area contributed by atoms with Crippen molar-refractivity contribution in [3.63, 3.8) is 0 Å². The Bertz CT molecular complexity index is 1160. The third-order valence-corrected chi connectivity index (χ3v) is 6.15. The first-order valence-corrected chi connectivity index (χ1v) is 10.6. The minimum Gasteiger partial charge on any atom is -0.326 e. The van der Waals surface area contributed by atoms with Gasteiger partial charge in [-0.2, -0.15) is 0 Å². The number of benzene rings is 2. The lowest BCUT2D eigenvalue weighted by atomic mass is 9.91. The number of nitrogens with zero attached hydrogens (tertiary/aromatic N) is 4. The van der Waals surface area contributed by atoms with Gasteiger partial charge < -0.3 is 5.73 Å². The largest absolute Gasteiger partial charge is 0.326 e. The minimum absolute atomic E-state index is 0.322. The van der Waals surface area contributed by atoms with E-state index in [0.717, 1.165) is 47.5 Å². The Hall–Kier alpha value is -3.02. The van der Waals surface area contributed by atoms with E-state index in [1.165, 1.54) is 17.7 Å². The summed E-state index contributed by atoms with van der Waals surface area (Å²) in [7, 11) is 2.19. The van der Waals surface area contributed by atoms with E-state index in [0.29, 0.717) is 12.6 Å². The molecule has 1 aliphatic rings.